The number of hydrogen-bond acceptors (Lipinski definition) is 2. The van der Waals surface area contributed by atoms with E-state index in [9.17, 15) is 27.9 Å². The number of carbonyl (C=O) groups is 2. The minimum atomic E-state index is -4.95. The van der Waals surface area contributed by atoms with Gasteiger partial charge in [0.15, 0.2) is 0 Å². The molecule has 0 bridgehead atoms. The third-order valence-electron chi connectivity index (χ3n) is 3.58. The van der Waals surface area contributed by atoms with E-state index in [1.54, 1.807) is 13.8 Å². The van der Waals surface area contributed by atoms with E-state index in [1.807, 2.05) is 0 Å². The lowest BCUT2D eigenvalue weighted by molar-refractivity contribution is -0.191. The maximum absolute atomic E-state index is 12.3. The van der Waals surface area contributed by atoms with E-state index in [4.69, 9.17) is 0 Å². The number of piperidine rings is 1. The van der Waals surface area contributed by atoms with Crippen molar-refractivity contribution >= 4 is 11.9 Å². The average Bonchev–Trinajstić information content (AvgIpc) is 2.26. The van der Waals surface area contributed by atoms with E-state index >= 15 is 0 Å². The highest BCUT2D eigenvalue weighted by Crippen LogP contribution is 2.38. The molecule has 1 fully saturated rings. The lowest BCUT2D eigenvalue weighted by atomic mass is 9.71. The van der Waals surface area contributed by atoms with Gasteiger partial charge >= 0.3 is 18.1 Å². The summed E-state index contributed by atoms with van der Waals surface area (Å²) in [6, 6.07) is 0. The molecule has 1 atom stereocenters. The average molecular weight is 267 g/mol. The highest BCUT2D eigenvalue weighted by atomic mass is 19.4. The molecule has 4 nitrogen and oxygen atoms in total. The van der Waals surface area contributed by atoms with Crippen molar-refractivity contribution in [2.45, 2.75) is 32.9 Å². The molecule has 0 aromatic rings. The number of nitrogens with zero attached hydrogens (tertiary/aromatic N) is 1. The molecule has 0 radical (unpaired) electrons. The number of alkyl halides is 3. The van der Waals surface area contributed by atoms with Crippen LogP contribution in [0.5, 0.6) is 0 Å². The molecule has 104 valence electrons. The predicted molar refractivity (Wildman–Crippen MR) is 56.8 cm³/mol. The summed E-state index contributed by atoms with van der Waals surface area (Å²) >= 11 is 0. The standard InChI is InChI=1S/C11H16F3NO3/c1-7(2)10(9(17)18)4-3-5-15(6-10)8(16)11(12,13)14/h7H,3-6H2,1-2H3,(H,17,18). The Morgan fingerprint density at radius 3 is 2.28 bits per heavy atom. The number of amides is 1. The molecule has 0 saturated carbocycles. The van der Waals surface area contributed by atoms with Gasteiger partial charge in [-0.2, -0.15) is 13.2 Å². The van der Waals surface area contributed by atoms with Gasteiger partial charge in [-0.25, -0.2) is 0 Å². The van der Waals surface area contributed by atoms with Crippen LogP contribution >= 0.6 is 0 Å². The van der Waals surface area contributed by atoms with Gasteiger partial charge in [0.1, 0.15) is 0 Å². The van der Waals surface area contributed by atoms with Gasteiger partial charge in [0.25, 0.3) is 0 Å². The summed E-state index contributed by atoms with van der Waals surface area (Å²) < 4.78 is 37.0. The van der Waals surface area contributed by atoms with Gasteiger partial charge in [0.2, 0.25) is 0 Å². The topological polar surface area (TPSA) is 57.6 Å². The summed E-state index contributed by atoms with van der Waals surface area (Å²) in [5, 5.41) is 9.24. The molecule has 1 unspecified atom stereocenters. The van der Waals surface area contributed by atoms with Crippen LogP contribution in [0.2, 0.25) is 0 Å². The maximum Gasteiger partial charge on any atom is 0.471 e. The SMILES string of the molecule is CC(C)C1(C(=O)O)CCCN(C(=O)C(F)(F)F)C1. The summed E-state index contributed by atoms with van der Waals surface area (Å²) in [5.41, 5.74) is -1.28. The van der Waals surface area contributed by atoms with E-state index in [2.05, 4.69) is 0 Å². The number of halogens is 3. The fourth-order valence-electron chi connectivity index (χ4n) is 2.33. The van der Waals surface area contributed by atoms with Crippen LogP contribution in [0.3, 0.4) is 0 Å². The zero-order valence-electron chi connectivity index (χ0n) is 10.3. The zero-order valence-corrected chi connectivity index (χ0v) is 10.3. The highest BCUT2D eigenvalue weighted by molar-refractivity contribution is 5.83. The molecule has 0 spiro atoms. The van der Waals surface area contributed by atoms with Gasteiger partial charge in [-0.15, -0.1) is 0 Å². The van der Waals surface area contributed by atoms with Crippen molar-refractivity contribution in [3.05, 3.63) is 0 Å². The van der Waals surface area contributed by atoms with Gasteiger partial charge in [-0.1, -0.05) is 13.8 Å². The van der Waals surface area contributed by atoms with Crippen molar-refractivity contribution < 1.29 is 27.9 Å². The van der Waals surface area contributed by atoms with Crippen molar-refractivity contribution in [2.24, 2.45) is 11.3 Å². The molecule has 0 aliphatic carbocycles. The summed E-state index contributed by atoms with van der Waals surface area (Å²) in [7, 11) is 0. The molecular formula is C11H16F3NO3. The minimum Gasteiger partial charge on any atom is -0.481 e. The Morgan fingerprint density at radius 2 is 1.89 bits per heavy atom. The Kier molecular flexibility index (Phi) is 3.92. The smallest absolute Gasteiger partial charge is 0.471 e. The molecule has 18 heavy (non-hydrogen) atoms. The molecule has 1 N–H and O–H groups in total. The number of carboxylic acids is 1. The lowest BCUT2D eigenvalue weighted by Crippen LogP contribution is -2.55. The first kappa shape index (κ1) is 14.8. The first-order valence-electron chi connectivity index (χ1n) is 5.71. The maximum atomic E-state index is 12.3. The van der Waals surface area contributed by atoms with E-state index in [0.29, 0.717) is 11.3 Å². The summed E-state index contributed by atoms with van der Waals surface area (Å²) in [5.74, 6) is -3.43. The van der Waals surface area contributed by atoms with Crippen LogP contribution in [-0.2, 0) is 9.59 Å². The fraction of sp³-hybridized carbons (Fsp3) is 0.818. The normalized spacial score (nSPS) is 25.3. The first-order chi connectivity index (χ1) is 8.11. The number of rotatable bonds is 2. The van der Waals surface area contributed by atoms with Crippen molar-refractivity contribution in [3.8, 4) is 0 Å². The molecule has 7 heteroatoms. The second-order valence-electron chi connectivity index (χ2n) is 4.94. The van der Waals surface area contributed by atoms with Crippen molar-refractivity contribution in [2.75, 3.05) is 13.1 Å². The van der Waals surface area contributed by atoms with Gasteiger partial charge < -0.3 is 10.0 Å². The van der Waals surface area contributed by atoms with E-state index in [0.717, 1.165) is 0 Å². The van der Waals surface area contributed by atoms with E-state index in [1.165, 1.54) is 0 Å². The van der Waals surface area contributed by atoms with Crippen LogP contribution in [-0.4, -0.2) is 41.1 Å². The Morgan fingerprint density at radius 1 is 1.33 bits per heavy atom. The van der Waals surface area contributed by atoms with Gasteiger partial charge in [0, 0.05) is 13.1 Å². The Balaban J connectivity index is 2.95. The molecule has 0 aromatic heterocycles. The van der Waals surface area contributed by atoms with E-state index < -0.39 is 23.5 Å². The van der Waals surface area contributed by atoms with Gasteiger partial charge in [-0.3, -0.25) is 9.59 Å². The van der Waals surface area contributed by atoms with Gasteiger partial charge in [0.05, 0.1) is 5.41 Å². The molecule has 0 aromatic carbocycles. The second-order valence-corrected chi connectivity index (χ2v) is 4.94. The van der Waals surface area contributed by atoms with Crippen molar-refractivity contribution in [1.82, 2.24) is 4.90 Å². The van der Waals surface area contributed by atoms with Crippen LogP contribution in [0, 0.1) is 11.3 Å². The Bertz CT molecular complexity index is 354. The quantitative estimate of drug-likeness (QED) is 0.831. The Hall–Kier alpha value is -1.27. The number of hydrogen-bond donors (Lipinski definition) is 1. The molecule has 1 amide bonds. The van der Waals surface area contributed by atoms with E-state index in [-0.39, 0.29) is 25.4 Å². The van der Waals surface area contributed by atoms with Crippen LogP contribution in [0.15, 0.2) is 0 Å². The lowest BCUT2D eigenvalue weighted by Gasteiger charge is -2.42. The highest BCUT2D eigenvalue weighted by Gasteiger charge is 2.50. The molecule has 1 saturated heterocycles. The number of likely N-dealkylation sites (tertiary alicyclic amines) is 1. The Labute approximate surface area is 103 Å². The molecular weight excluding hydrogens is 251 g/mol. The van der Waals surface area contributed by atoms with Crippen LogP contribution in [0.1, 0.15) is 26.7 Å². The van der Waals surface area contributed by atoms with Crippen LogP contribution < -0.4 is 0 Å². The van der Waals surface area contributed by atoms with Gasteiger partial charge in [-0.05, 0) is 18.8 Å². The summed E-state index contributed by atoms with van der Waals surface area (Å²) in [6.07, 6.45) is -4.38. The molecule has 1 rings (SSSR count). The summed E-state index contributed by atoms with van der Waals surface area (Å²) in [4.78, 5) is 23.1. The van der Waals surface area contributed by atoms with Crippen LogP contribution in [0.4, 0.5) is 13.2 Å². The third-order valence-corrected chi connectivity index (χ3v) is 3.58. The van der Waals surface area contributed by atoms with Crippen molar-refractivity contribution in [1.29, 1.82) is 0 Å². The largest absolute Gasteiger partial charge is 0.481 e. The summed E-state index contributed by atoms with van der Waals surface area (Å²) in [6.45, 7) is 2.88. The zero-order chi connectivity index (χ0) is 14.1. The van der Waals surface area contributed by atoms with Crippen LogP contribution in [0.25, 0.3) is 0 Å². The number of carbonyl (C=O) groups excluding carboxylic acids is 1. The number of carboxylic acid groups (broad SMARTS) is 1. The molecule has 1 aliphatic heterocycles. The minimum absolute atomic E-state index is 0.0416. The van der Waals surface area contributed by atoms with Crippen molar-refractivity contribution in [3.63, 3.8) is 0 Å². The monoisotopic (exact) mass is 267 g/mol. The third kappa shape index (κ3) is 2.59. The fourth-order valence-corrected chi connectivity index (χ4v) is 2.33. The first-order valence-corrected chi connectivity index (χ1v) is 5.71. The molecule has 1 heterocycles. The number of aliphatic carboxylic acids is 1. The second kappa shape index (κ2) is 4.78. The predicted octanol–water partition coefficient (Wildman–Crippen LogP) is 1.90. The molecule has 1 aliphatic rings.